The molecular weight excluding hydrogens is 265 g/mol. The summed E-state index contributed by atoms with van der Waals surface area (Å²) in [5, 5.41) is 0.356. The summed E-state index contributed by atoms with van der Waals surface area (Å²) in [6.07, 6.45) is 0. The highest BCUT2D eigenvalue weighted by atomic mass is 32.1. The Morgan fingerprint density at radius 1 is 1.42 bits per heavy atom. The number of ether oxygens (including phenoxy) is 1. The van der Waals surface area contributed by atoms with Crippen LogP contribution in [0, 0.1) is 12.7 Å². The number of anilines is 1. The fraction of sp³-hybridized carbons (Fsp3) is 0.214. The van der Waals surface area contributed by atoms with E-state index in [4.69, 9.17) is 10.5 Å². The number of hydrogen-bond acceptors (Lipinski definition) is 4. The van der Waals surface area contributed by atoms with Gasteiger partial charge in [-0.1, -0.05) is 18.2 Å². The number of halogens is 1. The molecule has 2 N–H and O–H groups in total. The topological polar surface area (TPSA) is 52.3 Å². The van der Waals surface area contributed by atoms with E-state index in [1.807, 2.05) is 0 Å². The van der Waals surface area contributed by atoms with Crippen molar-refractivity contribution in [2.75, 3.05) is 12.3 Å². The fourth-order valence-electron chi connectivity index (χ4n) is 1.90. The Bertz CT molecular complexity index is 622. The molecule has 1 aromatic heterocycles. The van der Waals surface area contributed by atoms with Gasteiger partial charge in [0.25, 0.3) is 0 Å². The molecule has 0 atom stereocenters. The van der Waals surface area contributed by atoms with Crippen molar-refractivity contribution in [3.63, 3.8) is 0 Å². The van der Waals surface area contributed by atoms with Crippen molar-refractivity contribution in [3.8, 4) is 10.4 Å². The molecule has 19 heavy (non-hydrogen) atoms. The summed E-state index contributed by atoms with van der Waals surface area (Å²) in [7, 11) is 0. The van der Waals surface area contributed by atoms with Crippen LogP contribution in [-0.4, -0.2) is 12.6 Å². The van der Waals surface area contributed by atoms with Crippen molar-refractivity contribution < 1.29 is 13.9 Å². The van der Waals surface area contributed by atoms with Gasteiger partial charge in [-0.25, -0.2) is 9.18 Å². The van der Waals surface area contributed by atoms with Gasteiger partial charge >= 0.3 is 5.97 Å². The van der Waals surface area contributed by atoms with Gasteiger partial charge in [-0.3, -0.25) is 0 Å². The van der Waals surface area contributed by atoms with Crippen molar-refractivity contribution in [3.05, 3.63) is 41.2 Å². The molecule has 1 heterocycles. The first-order chi connectivity index (χ1) is 9.06. The van der Waals surface area contributed by atoms with Crippen LogP contribution >= 0.6 is 11.3 Å². The molecule has 0 aliphatic heterocycles. The lowest BCUT2D eigenvalue weighted by atomic mass is 10.1. The monoisotopic (exact) mass is 279 g/mol. The van der Waals surface area contributed by atoms with E-state index < -0.39 is 5.97 Å². The maximum absolute atomic E-state index is 13.8. The second kappa shape index (κ2) is 5.40. The molecule has 0 saturated heterocycles. The predicted octanol–water partition coefficient (Wildman–Crippen LogP) is 3.62. The highest BCUT2D eigenvalue weighted by molar-refractivity contribution is 7.19. The molecule has 0 bridgehead atoms. The number of carbonyl (C=O) groups is 1. The molecule has 0 amide bonds. The highest BCUT2D eigenvalue weighted by Gasteiger charge is 2.22. The molecule has 100 valence electrons. The summed E-state index contributed by atoms with van der Waals surface area (Å²) in [6, 6.07) is 6.42. The third kappa shape index (κ3) is 2.46. The Morgan fingerprint density at radius 3 is 2.74 bits per heavy atom. The Kier molecular flexibility index (Phi) is 3.85. The zero-order chi connectivity index (χ0) is 14.0. The van der Waals surface area contributed by atoms with E-state index in [-0.39, 0.29) is 12.4 Å². The van der Waals surface area contributed by atoms with Crippen molar-refractivity contribution in [1.82, 2.24) is 0 Å². The van der Waals surface area contributed by atoms with Crippen molar-refractivity contribution in [2.24, 2.45) is 0 Å². The van der Waals surface area contributed by atoms with Gasteiger partial charge in [0, 0.05) is 10.4 Å². The third-order valence-electron chi connectivity index (χ3n) is 2.77. The van der Waals surface area contributed by atoms with Crippen LogP contribution in [0.2, 0.25) is 0 Å². The predicted molar refractivity (Wildman–Crippen MR) is 74.8 cm³/mol. The van der Waals surface area contributed by atoms with E-state index >= 15 is 0 Å². The molecule has 0 spiro atoms. The normalized spacial score (nSPS) is 10.5. The van der Waals surface area contributed by atoms with Gasteiger partial charge in [-0.15, -0.1) is 11.3 Å². The summed E-state index contributed by atoms with van der Waals surface area (Å²) in [5.41, 5.74) is 7.30. The van der Waals surface area contributed by atoms with Gasteiger partial charge in [-0.2, -0.15) is 0 Å². The van der Waals surface area contributed by atoms with Crippen LogP contribution < -0.4 is 5.73 Å². The van der Waals surface area contributed by atoms with Gasteiger partial charge in [0.05, 0.1) is 12.2 Å². The Morgan fingerprint density at radius 2 is 2.11 bits per heavy atom. The molecule has 1 aromatic carbocycles. The summed E-state index contributed by atoms with van der Waals surface area (Å²) >= 11 is 1.20. The zero-order valence-corrected chi connectivity index (χ0v) is 11.5. The molecule has 3 nitrogen and oxygen atoms in total. The van der Waals surface area contributed by atoms with Crippen LogP contribution in [0.5, 0.6) is 0 Å². The first-order valence-electron chi connectivity index (χ1n) is 5.87. The summed E-state index contributed by atoms with van der Waals surface area (Å²) in [4.78, 5) is 12.5. The first kappa shape index (κ1) is 13.5. The lowest BCUT2D eigenvalue weighted by Crippen LogP contribution is -2.07. The van der Waals surface area contributed by atoms with Crippen molar-refractivity contribution in [1.29, 1.82) is 0 Å². The molecular formula is C14H14FNO2S. The van der Waals surface area contributed by atoms with Crippen LogP contribution in [-0.2, 0) is 4.74 Å². The average Bonchev–Trinajstić information content (AvgIpc) is 2.66. The minimum atomic E-state index is -0.462. The van der Waals surface area contributed by atoms with Crippen LogP contribution in [0.1, 0.15) is 22.8 Å². The van der Waals surface area contributed by atoms with Gasteiger partial charge < -0.3 is 10.5 Å². The molecule has 5 heteroatoms. The smallest absolute Gasteiger partial charge is 0.341 e. The van der Waals surface area contributed by atoms with Gasteiger partial charge in [0.2, 0.25) is 0 Å². The number of carbonyl (C=O) groups excluding carboxylic acids is 1. The van der Waals surface area contributed by atoms with E-state index in [0.717, 1.165) is 0 Å². The Labute approximate surface area is 114 Å². The zero-order valence-electron chi connectivity index (χ0n) is 10.7. The van der Waals surface area contributed by atoms with Crippen molar-refractivity contribution in [2.45, 2.75) is 13.8 Å². The van der Waals surface area contributed by atoms with Crippen LogP contribution in [0.4, 0.5) is 9.39 Å². The molecule has 0 aliphatic rings. The molecule has 0 aliphatic carbocycles. The highest BCUT2D eigenvalue weighted by Crippen LogP contribution is 2.39. The second-order valence-corrected chi connectivity index (χ2v) is 5.05. The molecule has 2 aromatic rings. The number of nitrogen functional groups attached to an aromatic ring is 1. The molecule has 0 unspecified atom stereocenters. The standard InChI is InChI=1S/C14H14FNO2S/c1-3-18-14(17)11-8(2)12(19-13(11)16)9-6-4-5-7-10(9)15/h4-7H,3,16H2,1-2H3. The van der Waals surface area contributed by atoms with Crippen molar-refractivity contribution >= 4 is 22.3 Å². The molecule has 0 saturated carbocycles. The van der Waals surface area contributed by atoms with Gasteiger partial charge in [0.1, 0.15) is 10.8 Å². The van der Waals surface area contributed by atoms with Gasteiger partial charge in [0.15, 0.2) is 0 Å². The average molecular weight is 279 g/mol. The lowest BCUT2D eigenvalue weighted by Gasteiger charge is -2.04. The van der Waals surface area contributed by atoms with E-state index in [0.29, 0.717) is 26.6 Å². The molecule has 0 fully saturated rings. The number of nitrogens with two attached hydrogens (primary N) is 1. The summed E-state index contributed by atoms with van der Waals surface area (Å²) in [6.45, 7) is 3.76. The second-order valence-electron chi connectivity index (χ2n) is 4.00. The third-order valence-corrected chi connectivity index (χ3v) is 3.93. The van der Waals surface area contributed by atoms with E-state index in [1.54, 1.807) is 32.0 Å². The largest absolute Gasteiger partial charge is 0.462 e. The maximum atomic E-state index is 13.8. The number of thiophene rings is 1. The number of hydrogen-bond donors (Lipinski definition) is 1. The quantitative estimate of drug-likeness (QED) is 0.873. The molecule has 0 radical (unpaired) electrons. The van der Waals surface area contributed by atoms with Gasteiger partial charge in [-0.05, 0) is 25.5 Å². The van der Waals surface area contributed by atoms with E-state index in [9.17, 15) is 9.18 Å². The summed E-state index contributed by atoms with van der Waals surface area (Å²) < 4.78 is 18.8. The minimum Gasteiger partial charge on any atom is -0.462 e. The van der Waals surface area contributed by atoms with Crippen LogP contribution in [0.3, 0.4) is 0 Å². The van der Waals surface area contributed by atoms with Crippen LogP contribution in [0.15, 0.2) is 24.3 Å². The lowest BCUT2D eigenvalue weighted by molar-refractivity contribution is 0.0527. The Hall–Kier alpha value is -1.88. The first-order valence-corrected chi connectivity index (χ1v) is 6.68. The fourth-order valence-corrected chi connectivity index (χ4v) is 2.98. The Balaban J connectivity index is 2.54. The number of rotatable bonds is 3. The SMILES string of the molecule is CCOC(=O)c1c(N)sc(-c2ccccc2F)c1C. The minimum absolute atomic E-state index is 0.280. The van der Waals surface area contributed by atoms with E-state index in [2.05, 4.69) is 0 Å². The maximum Gasteiger partial charge on any atom is 0.341 e. The van der Waals surface area contributed by atoms with Crippen LogP contribution in [0.25, 0.3) is 10.4 Å². The van der Waals surface area contributed by atoms with E-state index in [1.165, 1.54) is 17.4 Å². The summed E-state index contributed by atoms with van der Waals surface area (Å²) in [5.74, 6) is -0.793. The number of esters is 1. The number of benzene rings is 1. The molecule has 2 rings (SSSR count).